The molecule has 2 aromatic heterocycles. The molecule has 2 atom stereocenters. The summed E-state index contributed by atoms with van der Waals surface area (Å²) in [6.45, 7) is 3.76. The molecule has 8 heteroatoms. The van der Waals surface area contributed by atoms with E-state index in [9.17, 15) is 4.79 Å². The first-order chi connectivity index (χ1) is 18.0. The molecule has 2 aliphatic rings. The Hall–Kier alpha value is -3.42. The third-order valence-corrected chi connectivity index (χ3v) is 7.42. The van der Waals surface area contributed by atoms with Crippen LogP contribution in [0, 0.1) is 6.92 Å². The number of ether oxygens (including phenoxy) is 1. The number of carbonyl (C=O) groups excluding carboxylic acids is 1. The molecule has 37 heavy (non-hydrogen) atoms. The predicted octanol–water partition coefficient (Wildman–Crippen LogP) is 5.01. The lowest BCUT2D eigenvalue weighted by molar-refractivity contribution is 0.0144. The van der Waals surface area contributed by atoms with Gasteiger partial charge in [-0.05, 0) is 54.5 Å². The van der Waals surface area contributed by atoms with Gasteiger partial charge < -0.3 is 15.0 Å². The third kappa shape index (κ3) is 5.78. The molecule has 192 valence electrons. The van der Waals surface area contributed by atoms with Crippen LogP contribution in [0.2, 0.25) is 5.02 Å². The van der Waals surface area contributed by atoms with E-state index in [2.05, 4.69) is 38.3 Å². The first-order valence-corrected chi connectivity index (χ1v) is 13.1. The number of amides is 1. The van der Waals surface area contributed by atoms with Crippen LogP contribution in [0.3, 0.4) is 0 Å². The molecule has 0 spiro atoms. The van der Waals surface area contributed by atoms with Gasteiger partial charge in [0.05, 0.1) is 28.9 Å². The van der Waals surface area contributed by atoms with Gasteiger partial charge in [0.25, 0.3) is 5.91 Å². The number of hydrogen-bond acceptors (Lipinski definition) is 6. The standard InChI is InChI=1S/C29H32ClN5O2/c1-20-15-31-17-24(30)27(20)29(36)33-16-21-6-3-7-22(14-21)18-35(19-26-34(2)12-13-37-26)25-10-4-8-23-9-5-11-32-28(23)25/h3,5-7,9,11-15,17,25-26H,4,8,10,16,18-19H2,1-2H3,(H,33,36). The third-order valence-electron chi connectivity index (χ3n) is 7.13. The molecular weight excluding hydrogens is 486 g/mol. The maximum Gasteiger partial charge on any atom is 0.253 e. The van der Waals surface area contributed by atoms with E-state index in [0.29, 0.717) is 17.1 Å². The fourth-order valence-electron chi connectivity index (χ4n) is 5.19. The van der Waals surface area contributed by atoms with Crippen molar-refractivity contribution in [1.82, 2.24) is 25.1 Å². The molecule has 1 aliphatic heterocycles. The van der Waals surface area contributed by atoms with Crippen LogP contribution in [0.15, 0.2) is 67.5 Å². The lowest BCUT2D eigenvalue weighted by Gasteiger charge is -2.37. The quantitative estimate of drug-likeness (QED) is 0.453. The summed E-state index contributed by atoms with van der Waals surface area (Å²) in [7, 11) is 2.04. The molecule has 2 unspecified atom stereocenters. The number of aromatic nitrogens is 2. The van der Waals surface area contributed by atoms with Gasteiger partial charge in [-0.3, -0.25) is 19.7 Å². The summed E-state index contributed by atoms with van der Waals surface area (Å²) in [6, 6.07) is 12.8. The van der Waals surface area contributed by atoms with Gasteiger partial charge in [0.2, 0.25) is 0 Å². The zero-order valence-electron chi connectivity index (χ0n) is 21.2. The van der Waals surface area contributed by atoms with E-state index in [1.165, 1.54) is 23.0 Å². The average Bonchev–Trinajstić information content (AvgIpc) is 3.31. The van der Waals surface area contributed by atoms with Gasteiger partial charge in [0.15, 0.2) is 6.23 Å². The minimum Gasteiger partial charge on any atom is -0.475 e. The zero-order valence-corrected chi connectivity index (χ0v) is 22.0. The number of halogens is 1. The Morgan fingerprint density at radius 2 is 2.11 bits per heavy atom. The highest BCUT2D eigenvalue weighted by molar-refractivity contribution is 6.33. The Morgan fingerprint density at radius 3 is 2.92 bits per heavy atom. The number of carbonyl (C=O) groups is 1. The highest BCUT2D eigenvalue weighted by Crippen LogP contribution is 2.34. The van der Waals surface area contributed by atoms with Crippen LogP contribution in [0.4, 0.5) is 0 Å². The number of hydrogen-bond donors (Lipinski definition) is 1. The number of pyridine rings is 2. The molecule has 3 heterocycles. The van der Waals surface area contributed by atoms with Gasteiger partial charge in [-0.15, -0.1) is 0 Å². The summed E-state index contributed by atoms with van der Waals surface area (Å²) >= 11 is 6.23. The summed E-state index contributed by atoms with van der Waals surface area (Å²) in [5, 5.41) is 3.37. The minimum absolute atomic E-state index is 0.0371. The average molecular weight is 518 g/mol. The highest BCUT2D eigenvalue weighted by atomic mass is 35.5. The second-order valence-corrected chi connectivity index (χ2v) is 10.1. The fraction of sp³-hybridized carbons (Fsp3) is 0.345. The molecule has 0 saturated carbocycles. The smallest absolute Gasteiger partial charge is 0.253 e. The summed E-state index contributed by atoms with van der Waals surface area (Å²) in [4.78, 5) is 26.2. The van der Waals surface area contributed by atoms with Crippen LogP contribution in [-0.2, 0) is 24.2 Å². The molecule has 5 rings (SSSR count). The molecule has 3 aromatic rings. The molecule has 1 amide bonds. The van der Waals surface area contributed by atoms with E-state index < -0.39 is 0 Å². The summed E-state index contributed by atoms with van der Waals surface area (Å²) in [6.07, 6.45) is 12.0. The number of benzene rings is 1. The molecule has 0 bridgehead atoms. The Balaban J connectivity index is 1.33. The number of nitrogens with one attached hydrogen (secondary N) is 1. The summed E-state index contributed by atoms with van der Waals surface area (Å²) < 4.78 is 5.88. The molecular formula is C29H32ClN5O2. The van der Waals surface area contributed by atoms with Crippen LogP contribution in [-0.4, -0.2) is 45.5 Å². The van der Waals surface area contributed by atoms with Crippen molar-refractivity contribution in [2.24, 2.45) is 0 Å². The Kier molecular flexibility index (Phi) is 7.72. The van der Waals surface area contributed by atoms with E-state index in [0.717, 1.165) is 43.5 Å². The lowest BCUT2D eigenvalue weighted by Crippen LogP contribution is -2.41. The second-order valence-electron chi connectivity index (χ2n) is 9.74. The monoisotopic (exact) mass is 517 g/mol. The molecule has 1 aromatic carbocycles. The Morgan fingerprint density at radius 1 is 1.24 bits per heavy atom. The van der Waals surface area contributed by atoms with Crippen molar-refractivity contribution in [2.45, 2.75) is 51.5 Å². The van der Waals surface area contributed by atoms with E-state index in [1.54, 1.807) is 12.5 Å². The van der Waals surface area contributed by atoms with Crippen molar-refractivity contribution in [3.8, 4) is 0 Å². The first kappa shape index (κ1) is 25.2. The highest BCUT2D eigenvalue weighted by Gasteiger charge is 2.31. The van der Waals surface area contributed by atoms with E-state index >= 15 is 0 Å². The van der Waals surface area contributed by atoms with Gasteiger partial charge in [0.1, 0.15) is 6.26 Å². The van der Waals surface area contributed by atoms with Crippen molar-refractivity contribution in [1.29, 1.82) is 0 Å². The van der Waals surface area contributed by atoms with E-state index in [1.807, 2.05) is 44.6 Å². The molecule has 1 N–H and O–H groups in total. The molecule has 0 radical (unpaired) electrons. The molecule has 1 aliphatic carbocycles. The van der Waals surface area contributed by atoms with Crippen molar-refractivity contribution in [3.05, 3.63) is 106 Å². The minimum atomic E-state index is -0.198. The van der Waals surface area contributed by atoms with Crippen molar-refractivity contribution in [3.63, 3.8) is 0 Å². The number of likely N-dealkylation sites (N-methyl/N-ethyl adjacent to an activating group) is 1. The van der Waals surface area contributed by atoms with Gasteiger partial charge >= 0.3 is 0 Å². The normalized spacial score (nSPS) is 18.5. The first-order valence-electron chi connectivity index (χ1n) is 12.7. The lowest BCUT2D eigenvalue weighted by atomic mass is 9.90. The van der Waals surface area contributed by atoms with E-state index in [4.69, 9.17) is 21.3 Å². The SMILES string of the molecule is Cc1cncc(Cl)c1C(=O)NCc1cccc(CN(CC2OC=CN2C)C2CCCc3cccnc32)c1. The Bertz CT molecular complexity index is 1280. The van der Waals surface area contributed by atoms with Gasteiger partial charge in [0, 0.05) is 44.9 Å². The Labute approximate surface area is 223 Å². The zero-order chi connectivity index (χ0) is 25.8. The number of rotatable bonds is 8. The molecule has 0 saturated heterocycles. The summed E-state index contributed by atoms with van der Waals surface area (Å²) in [5.74, 6) is -0.198. The van der Waals surface area contributed by atoms with Crippen molar-refractivity contribution < 1.29 is 9.53 Å². The number of nitrogens with zero attached hydrogens (tertiary/aromatic N) is 4. The predicted molar refractivity (Wildman–Crippen MR) is 144 cm³/mol. The van der Waals surface area contributed by atoms with Crippen LogP contribution in [0.5, 0.6) is 0 Å². The van der Waals surface area contributed by atoms with Gasteiger partial charge in [-0.25, -0.2) is 0 Å². The fourth-order valence-corrected chi connectivity index (χ4v) is 5.48. The van der Waals surface area contributed by atoms with Crippen molar-refractivity contribution >= 4 is 17.5 Å². The van der Waals surface area contributed by atoms with Gasteiger partial charge in [-0.1, -0.05) is 41.9 Å². The van der Waals surface area contributed by atoms with Crippen LogP contribution in [0.25, 0.3) is 0 Å². The second kappa shape index (κ2) is 11.3. The van der Waals surface area contributed by atoms with Crippen LogP contribution < -0.4 is 5.32 Å². The number of fused-ring (bicyclic) bond motifs is 1. The molecule has 7 nitrogen and oxygen atoms in total. The van der Waals surface area contributed by atoms with Crippen LogP contribution >= 0.6 is 11.6 Å². The van der Waals surface area contributed by atoms with Crippen LogP contribution in [0.1, 0.15) is 57.2 Å². The van der Waals surface area contributed by atoms with Gasteiger partial charge in [-0.2, -0.15) is 0 Å². The maximum absolute atomic E-state index is 12.8. The molecule has 0 fully saturated rings. The van der Waals surface area contributed by atoms with Crippen molar-refractivity contribution in [2.75, 3.05) is 13.6 Å². The number of aryl methyl sites for hydroxylation is 2. The largest absolute Gasteiger partial charge is 0.475 e. The topological polar surface area (TPSA) is 70.6 Å². The maximum atomic E-state index is 12.8. The summed E-state index contributed by atoms with van der Waals surface area (Å²) in [5.41, 5.74) is 5.95. The van der Waals surface area contributed by atoms with E-state index in [-0.39, 0.29) is 18.2 Å².